The van der Waals surface area contributed by atoms with E-state index in [0.717, 1.165) is 6.42 Å². The maximum Gasteiger partial charge on any atom is 0.129 e. The van der Waals surface area contributed by atoms with Crippen LogP contribution in [0.4, 0.5) is 0 Å². The molecule has 0 amide bonds. The van der Waals surface area contributed by atoms with E-state index >= 15 is 0 Å². The van der Waals surface area contributed by atoms with Crippen molar-refractivity contribution in [3.8, 4) is 0 Å². The molecule has 0 aromatic carbocycles. The van der Waals surface area contributed by atoms with Crippen LogP contribution < -0.4 is 11.3 Å². The molecule has 1 atom stereocenters. The lowest BCUT2D eigenvalue weighted by atomic mass is 10.1. The van der Waals surface area contributed by atoms with Gasteiger partial charge in [0.05, 0.1) is 6.04 Å². The zero-order valence-corrected chi connectivity index (χ0v) is 7.68. The van der Waals surface area contributed by atoms with Crippen LogP contribution in [-0.4, -0.2) is 17.5 Å². The third kappa shape index (κ3) is 4.98. The summed E-state index contributed by atoms with van der Waals surface area (Å²) in [4.78, 5) is 10.6. The van der Waals surface area contributed by atoms with Gasteiger partial charge in [-0.25, -0.2) is 0 Å². The van der Waals surface area contributed by atoms with Crippen LogP contribution in [0.5, 0.6) is 0 Å². The molecular weight excluding hydrogens is 154 g/mol. The second-order valence-corrected chi connectivity index (χ2v) is 2.97. The summed E-state index contributed by atoms with van der Waals surface area (Å²) < 4.78 is 0. The lowest BCUT2D eigenvalue weighted by molar-refractivity contribution is -0.117. The van der Waals surface area contributed by atoms with E-state index in [0.29, 0.717) is 18.6 Å². The van der Waals surface area contributed by atoms with Gasteiger partial charge in [-0.1, -0.05) is 0 Å². The quantitative estimate of drug-likeness (QED) is 0.311. The van der Waals surface area contributed by atoms with Crippen LogP contribution in [0.3, 0.4) is 0 Å². The highest BCUT2D eigenvalue weighted by Crippen LogP contribution is 2.00. The highest BCUT2D eigenvalue weighted by atomic mass is 16.1. The van der Waals surface area contributed by atoms with E-state index in [1.807, 2.05) is 6.92 Å². The first-order valence-corrected chi connectivity index (χ1v) is 4.10. The van der Waals surface area contributed by atoms with E-state index in [2.05, 4.69) is 5.43 Å². The molecule has 70 valence electrons. The van der Waals surface area contributed by atoms with Crippen molar-refractivity contribution < 1.29 is 4.79 Å². The fourth-order valence-electron chi connectivity index (χ4n) is 0.845. The summed E-state index contributed by atoms with van der Waals surface area (Å²) in [5, 5.41) is 7.49. The van der Waals surface area contributed by atoms with Gasteiger partial charge in [-0.05, 0) is 26.7 Å². The van der Waals surface area contributed by atoms with Crippen LogP contribution in [0.15, 0.2) is 0 Å². The Kier molecular flexibility index (Phi) is 5.49. The Hall–Kier alpha value is -0.740. The van der Waals surface area contributed by atoms with Crippen molar-refractivity contribution in [2.24, 2.45) is 5.84 Å². The zero-order valence-electron chi connectivity index (χ0n) is 7.68. The van der Waals surface area contributed by atoms with E-state index in [1.165, 1.54) is 0 Å². The summed E-state index contributed by atoms with van der Waals surface area (Å²) in [6, 6.07) is -0.0861. The highest BCUT2D eigenvalue weighted by Gasteiger charge is 2.05. The van der Waals surface area contributed by atoms with Crippen molar-refractivity contribution in [1.29, 1.82) is 5.41 Å². The molecule has 0 aliphatic rings. The number of hydrogen-bond acceptors (Lipinski definition) is 4. The molecule has 0 aromatic heterocycles. The normalized spacial score (nSPS) is 12.6. The molecule has 0 aliphatic carbocycles. The Labute approximate surface area is 73.0 Å². The number of carbonyl (C=O) groups is 1. The van der Waals surface area contributed by atoms with Crippen molar-refractivity contribution in [1.82, 2.24) is 5.43 Å². The number of nitrogens with two attached hydrogens (primary N) is 1. The smallest absolute Gasteiger partial charge is 0.129 e. The van der Waals surface area contributed by atoms with Crippen molar-refractivity contribution in [3.63, 3.8) is 0 Å². The molecule has 12 heavy (non-hydrogen) atoms. The molecule has 0 aromatic rings. The maximum absolute atomic E-state index is 10.6. The van der Waals surface area contributed by atoms with Gasteiger partial charge in [-0.3, -0.25) is 11.3 Å². The molecule has 0 rings (SSSR count). The summed E-state index contributed by atoms with van der Waals surface area (Å²) >= 11 is 0. The SMILES string of the molecule is CC(=O)CCCC(=N)C(C)NN. The minimum Gasteiger partial charge on any atom is -0.308 e. The van der Waals surface area contributed by atoms with Gasteiger partial charge in [0.1, 0.15) is 5.78 Å². The summed E-state index contributed by atoms with van der Waals surface area (Å²) in [6.45, 7) is 3.39. The van der Waals surface area contributed by atoms with Gasteiger partial charge < -0.3 is 10.2 Å². The van der Waals surface area contributed by atoms with Gasteiger partial charge in [0.25, 0.3) is 0 Å². The van der Waals surface area contributed by atoms with Crippen LogP contribution in [0.1, 0.15) is 33.1 Å². The second kappa shape index (κ2) is 5.85. The van der Waals surface area contributed by atoms with E-state index in [-0.39, 0.29) is 11.8 Å². The third-order valence-electron chi connectivity index (χ3n) is 1.75. The molecule has 0 spiro atoms. The largest absolute Gasteiger partial charge is 0.308 e. The van der Waals surface area contributed by atoms with Crippen LogP contribution in [0, 0.1) is 5.41 Å². The molecule has 0 aliphatic heterocycles. The number of rotatable bonds is 6. The van der Waals surface area contributed by atoms with Crippen LogP contribution in [0.2, 0.25) is 0 Å². The molecule has 4 heteroatoms. The van der Waals surface area contributed by atoms with Crippen molar-refractivity contribution in [2.45, 2.75) is 39.2 Å². The van der Waals surface area contributed by atoms with Crippen LogP contribution >= 0.6 is 0 Å². The standard InChI is InChI=1S/C8H17N3O/c1-6(12)4-3-5-8(9)7(2)11-10/h7,9,11H,3-5,10H2,1-2H3. The topological polar surface area (TPSA) is 79.0 Å². The van der Waals surface area contributed by atoms with Crippen molar-refractivity contribution in [3.05, 3.63) is 0 Å². The lowest BCUT2D eigenvalue weighted by Gasteiger charge is -2.10. The van der Waals surface area contributed by atoms with Crippen molar-refractivity contribution in [2.75, 3.05) is 0 Å². The Morgan fingerprint density at radius 1 is 1.58 bits per heavy atom. The van der Waals surface area contributed by atoms with Gasteiger partial charge in [0.15, 0.2) is 0 Å². The average molecular weight is 171 g/mol. The second-order valence-electron chi connectivity index (χ2n) is 2.97. The van der Waals surface area contributed by atoms with Gasteiger partial charge in [0.2, 0.25) is 0 Å². The Morgan fingerprint density at radius 3 is 2.58 bits per heavy atom. The number of ketones is 1. The molecule has 0 fully saturated rings. The van der Waals surface area contributed by atoms with Crippen LogP contribution in [0.25, 0.3) is 0 Å². The molecule has 4 nitrogen and oxygen atoms in total. The minimum atomic E-state index is -0.0861. The van der Waals surface area contributed by atoms with E-state index in [4.69, 9.17) is 11.3 Å². The Morgan fingerprint density at radius 2 is 2.17 bits per heavy atom. The zero-order chi connectivity index (χ0) is 9.56. The number of carbonyl (C=O) groups excluding carboxylic acids is 1. The van der Waals surface area contributed by atoms with Gasteiger partial charge in [-0.2, -0.15) is 0 Å². The molecule has 4 N–H and O–H groups in total. The number of hydrogen-bond donors (Lipinski definition) is 3. The fraction of sp³-hybridized carbons (Fsp3) is 0.750. The first-order chi connectivity index (χ1) is 5.57. The monoisotopic (exact) mass is 171 g/mol. The first kappa shape index (κ1) is 11.3. The Bertz CT molecular complexity index is 168. The minimum absolute atomic E-state index is 0.0861. The molecule has 0 saturated carbocycles. The predicted molar refractivity (Wildman–Crippen MR) is 49.0 cm³/mol. The highest BCUT2D eigenvalue weighted by molar-refractivity contribution is 5.86. The number of Topliss-reactive ketones (excluding diaryl/α,β-unsaturated/α-hetero) is 1. The molecule has 0 radical (unpaired) electrons. The fourth-order valence-corrected chi connectivity index (χ4v) is 0.845. The van der Waals surface area contributed by atoms with E-state index in [1.54, 1.807) is 6.92 Å². The third-order valence-corrected chi connectivity index (χ3v) is 1.75. The molecule has 0 saturated heterocycles. The maximum atomic E-state index is 10.6. The summed E-state index contributed by atoms with van der Waals surface area (Å²) in [5.41, 5.74) is 3.05. The lowest BCUT2D eigenvalue weighted by Crippen LogP contribution is -2.38. The first-order valence-electron chi connectivity index (χ1n) is 4.10. The van der Waals surface area contributed by atoms with E-state index in [9.17, 15) is 4.79 Å². The summed E-state index contributed by atoms with van der Waals surface area (Å²) in [7, 11) is 0. The van der Waals surface area contributed by atoms with Gasteiger partial charge in [-0.15, -0.1) is 0 Å². The molecule has 1 unspecified atom stereocenters. The van der Waals surface area contributed by atoms with Gasteiger partial charge >= 0.3 is 0 Å². The predicted octanol–water partition coefficient (Wildman–Crippen LogP) is 0.617. The average Bonchev–Trinajstić information content (AvgIpc) is 2.02. The van der Waals surface area contributed by atoms with E-state index < -0.39 is 0 Å². The molecular formula is C8H17N3O. The molecule has 0 bridgehead atoms. The number of nitrogens with one attached hydrogen (secondary N) is 2. The molecule has 0 heterocycles. The number of hydrazine groups is 1. The van der Waals surface area contributed by atoms with Crippen LogP contribution in [-0.2, 0) is 4.79 Å². The summed E-state index contributed by atoms with van der Waals surface area (Å²) in [6.07, 6.45) is 1.95. The van der Waals surface area contributed by atoms with Crippen molar-refractivity contribution >= 4 is 11.5 Å². The van der Waals surface area contributed by atoms with Gasteiger partial charge in [0, 0.05) is 12.1 Å². The summed E-state index contributed by atoms with van der Waals surface area (Å²) in [5.74, 6) is 5.32. The Balaban J connectivity index is 3.50.